The molecule has 1 N–H and O–H groups in total. The van der Waals surface area contributed by atoms with Gasteiger partial charge in [0, 0.05) is 41.9 Å². The number of likely N-dealkylation sites (N-methyl/N-ethyl adjacent to an activating group) is 1. The minimum Gasteiger partial charge on any atom is -0.368 e. The highest BCUT2D eigenvalue weighted by atomic mass is 79.9. The Balaban J connectivity index is 2.26. The van der Waals surface area contributed by atoms with Crippen LogP contribution in [0, 0.1) is 0 Å². The van der Waals surface area contributed by atoms with Crippen molar-refractivity contribution in [1.29, 1.82) is 0 Å². The standard InChI is InChI=1S/C16H26BrN3/c1-5-19-8-9-20(11-12(19)2)16-10-14(17)6-7-15(16)13(3)18-4/h6-7,10,12-13,18H,5,8-9,11H2,1-4H3. The van der Waals surface area contributed by atoms with Gasteiger partial charge in [-0.15, -0.1) is 0 Å². The fourth-order valence-corrected chi connectivity index (χ4v) is 3.35. The van der Waals surface area contributed by atoms with Crippen molar-refractivity contribution in [2.75, 3.05) is 38.1 Å². The predicted molar refractivity (Wildman–Crippen MR) is 90.5 cm³/mol. The van der Waals surface area contributed by atoms with E-state index in [4.69, 9.17) is 0 Å². The fourth-order valence-electron chi connectivity index (χ4n) is 3.00. The summed E-state index contributed by atoms with van der Waals surface area (Å²) in [5.41, 5.74) is 2.75. The van der Waals surface area contributed by atoms with Gasteiger partial charge >= 0.3 is 0 Å². The second-order valence-corrected chi connectivity index (χ2v) is 6.55. The van der Waals surface area contributed by atoms with E-state index in [2.05, 4.69) is 70.0 Å². The summed E-state index contributed by atoms with van der Waals surface area (Å²) in [6.07, 6.45) is 0. The lowest BCUT2D eigenvalue weighted by Crippen LogP contribution is -2.52. The van der Waals surface area contributed by atoms with Crippen molar-refractivity contribution in [1.82, 2.24) is 10.2 Å². The highest BCUT2D eigenvalue weighted by Crippen LogP contribution is 2.31. The van der Waals surface area contributed by atoms with Crippen molar-refractivity contribution in [2.24, 2.45) is 0 Å². The number of anilines is 1. The SMILES string of the molecule is CCN1CCN(c2cc(Br)ccc2C(C)NC)CC1C. The average Bonchev–Trinajstić information content (AvgIpc) is 2.46. The third-order valence-corrected chi connectivity index (χ3v) is 4.90. The average molecular weight is 340 g/mol. The number of nitrogens with zero attached hydrogens (tertiary/aromatic N) is 2. The molecule has 1 aliphatic heterocycles. The molecule has 2 unspecified atom stereocenters. The van der Waals surface area contributed by atoms with Gasteiger partial charge in [0.1, 0.15) is 0 Å². The Morgan fingerprint density at radius 3 is 2.75 bits per heavy atom. The molecule has 0 aliphatic carbocycles. The molecule has 0 bridgehead atoms. The van der Waals surface area contributed by atoms with E-state index in [1.165, 1.54) is 11.3 Å². The van der Waals surface area contributed by atoms with Crippen molar-refractivity contribution >= 4 is 21.6 Å². The van der Waals surface area contributed by atoms with E-state index >= 15 is 0 Å². The molecule has 0 spiro atoms. The van der Waals surface area contributed by atoms with Crippen LogP contribution in [0.25, 0.3) is 0 Å². The van der Waals surface area contributed by atoms with E-state index in [1.807, 2.05) is 7.05 Å². The van der Waals surface area contributed by atoms with E-state index in [1.54, 1.807) is 0 Å². The number of rotatable bonds is 4. The van der Waals surface area contributed by atoms with Gasteiger partial charge in [-0.3, -0.25) is 4.90 Å². The Morgan fingerprint density at radius 1 is 1.40 bits per heavy atom. The van der Waals surface area contributed by atoms with Crippen LogP contribution >= 0.6 is 15.9 Å². The van der Waals surface area contributed by atoms with Crippen molar-refractivity contribution in [2.45, 2.75) is 32.9 Å². The maximum atomic E-state index is 3.62. The zero-order chi connectivity index (χ0) is 14.7. The van der Waals surface area contributed by atoms with E-state index in [0.29, 0.717) is 12.1 Å². The van der Waals surface area contributed by atoms with E-state index in [0.717, 1.165) is 30.7 Å². The van der Waals surface area contributed by atoms with Crippen molar-refractivity contribution in [3.05, 3.63) is 28.2 Å². The first-order valence-electron chi connectivity index (χ1n) is 7.52. The summed E-state index contributed by atoms with van der Waals surface area (Å²) in [5, 5.41) is 3.36. The quantitative estimate of drug-likeness (QED) is 0.908. The molecule has 0 amide bonds. The molecule has 0 radical (unpaired) electrons. The first kappa shape index (κ1) is 15.8. The Bertz CT molecular complexity index is 449. The molecular weight excluding hydrogens is 314 g/mol. The summed E-state index contributed by atoms with van der Waals surface area (Å²) in [4.78, 5) is 5.08. The smallest absolute Gasteiger partial charge is 0.0426 e. The number of benzene rings is 1. The van der Waals surface area contributed by atoms with Crippen LogP contribution < -0.4 is 10.2 Å². The fraction of sp³-hybridized carbons (Fsp3) is 0.625. The molecule has 20 heavy (non-hydrogen) atoms. The summed E-state index contributed by atoms with van der Waals surface area (Å²) >= 11 is 3.62. The van der Waals surface area contributed by atoms with E-state index in [-0.39, 0.29) is 0 Å². The van der Waals surface area contributed by atoms with Crippen molar-refractivity contribution < 1.29 is 0 Å². The van der Waals surface area contributed by atoms with Crippen molar-refractivity contribution in [3.63, 3.8) is 0 Å². The number of piperazine rings is 1. The Hall–Kier alpha value is -0.580. The lowest BCUT2D eigenvalue weighted by atomic mass is 10.0. The first-order chi connectivity index (χ1) is 9.56. The highest BCUT2D eigenvalue weighted by Gasteiger charge is 2.24. The molecule has 1 fully saturated rings. The van der Waals surface area contributed by atoms with Gasteiger partial charge in [-0.1, -0.05) is 28.9 Å². The maximum absolute atomic E-state index is 3.62. The largest absolute Gasteiger partial charge is 0.368 e. The van der Waals surface area contributed by atoms with Crippen LogP contribution in [0.2, 0.25) is 0 Å². The monoisotopic (exact) mass is 339 g/mol. The molecule has 1 heterocycles. The van der Waals surface area contributed by atoms with Crippen LogP contribution in [0.5, 0.6) is 0 Å². The van der Waals surface area contributed by atoms with Gasteiger partial charge < -0.3 is 10.2 Å². The van der Waals surface area contributed by atoms with Gasteiger partial charge in [-0.25, -0.2) is 0 Å². The zero-order valence-corrected chi connectivity index (χ0v) is 14.6. The summed E-state index contributed by atoms with van der Waals surface area (Å²) in [7, 11) is 2.02. The Morgan fingerprint density at radius 2 is 2.15 bits per heavy atom. The van der Waals surface area contributed by atoms with Crippen LogP contribution in [0.15, 0.2) is 22.7 Å². The van der Waals surface area contributed by atoms with Gasteiger partial charge in [0.25, 0.3) is 0 Å². The maximum Gasteiger partial charge on any atom is 0.0426 e. The molecule has 0 aromatic heterocycles. The van der Waals surface area contributed by atoms with E-state index < -0.39 is 0 Å². The lowest BCUT2D eigenvalue weighted by Gasteiger charge is -2.41. The first-order valence-corrected chi connectivity index (χ1v) is 8.31. The molecule has 1 saturated heterocycles. The number of halogens is 1. The van der Waals surface area contributed by atoms with Crippen LogP contribution in [-0.2, 0) is 0 Å². The van der Waals surface area contributed by atoms with Crippen LogP contribution in [-0.4, -0.2) is 44.2 Å². The number of hydrogen-bond donors (Lipinski definition) is 1. The summed E-state index contributed by atoms with van der Waals surface area (Å²) < 4.78 is 1.16. The summed E-state index contributed by atoms with van der Waals surface area (Å²) in [6, 6.07) is 7.62. The molecule has 1 aromatic rings. The molecule has 2 atom stereocenters. The predicted octanol–water partition coefficient (Wildman–Crippen LogP) is 3.26. The minimum atomic E-state index is 0.373. The number of nitrogens with one attached hydrogen (secondary N) is 1. The van der Waals surface area contributed by atoms with Gasteiger partial charge in [-0.2, -0.15) is 0 Å². The number of hydrogen-bond acceptors (Lipinski definition) is 3. The third kappa shape index (κ3) is 3.35. The molecule has 112 valence electrons. The molecule has 3 nitrogen and oxygen atoms in total. The van der Waals surface area contributed by atoms with E-state index in [9.17, 15) is 0 Å². The van der Waals surface area contributed by atoms with Crippen LogP contribution in [0.3, 0.4) is 0 Å². The van der Waals surface area contributed by atoms with Gasteiger partial charge in [-0.05, 0) is 45.1 Å². The molecule has 0 saturated carbocycles. The second-order valence-electron chi connectivity index (χ2n) is 5.64. The van der Waals surface area contributed by atoms with Crippen LogP contribution in [0.4, 0.5) is 5.69 Å². The highest BCUT2D eigenvalue weighted by molar-refractivity contribution is 9.10. The van der Waals surface area contributed by atoms with Gasteiger partial charge in [0.2, 0.25) is 0 Å². The van der Waals surface area contributed by atoms with Gasteiger partial charge in [0.05, 0.1) is 0 Å². The Labute approximate surface area is 131 Å². The Kier molecular flexibility index (Phi) is 5.47. The molecule has 2 rings (SSSR count). The minimum absolute atomic E-state index is 0.373. The normalized spacial score (nSPS) is 22.1. The molecule has 4 heteroatoms. The lowest BCUT2D eigenvalue weighted by molar-refractivity contribution is 0.199. The second kappa shape index (κ2) is 6.92. The summed E-state index contributed by atoms with van der Waals surface area (Å²) in [5.74, 6) is 0. The third-order valence-electron chi connectivity index (χ3n) is 4.40. The zero-order valence-electron chi connectivity index (χ0n) is 13.0. The molecule has 1 aliphatic rings. The molecule has 1 aromatic carbocycles. The summed E-state index contributed by atoms with van der Waals surface area (Å²) in [6.45, 7) is 11.3. The molecular formula is C16H26BrN3. The topological polar surface area (TPSA) is 18.5 Å². The van der Waals surface area contributed by atoms with Crippen LogP contribution in [0.1, 0.15) is 32.4 Å². The van der Waals surface area contributed by atoms with Gasteiger partial charge in [0.15, 0.2) is 0 Å². The van der Waals surface area contributed by atoms with Crippen molar-refractivity contribution in [3.8, 4) is 0 Å².